The van der Waals surface area contributed by atoms with Gasteiger partial charge in [0, 0.05) is 11.8 Å². The largest absolute Gasteiger partial charge is 0.497 e. The number of ether oxygens (including phenoxy) is 2. The van der Waals surface area contributed by atoms with E-state index >= 15 is 0 Å². The number of nitrogens with one attached hydrogen (secondary N) is 2. The lowest BCUT2D eigenvalue weighted by Gasteiger charge is -2.64. The minimum absolute atomic E-state index is 0.578. The van der Waals surface area contributed by atoms with Gasteiger partial charge in [0.25, 0.3) is 0 Å². The highest BCUT2D eigenvalue weighted by Crippen LogP contribution is 2.62. The van der Waals surface area contributed by atoms with E-state index < -0.39 is 34.9 Å². The third kappa shape index (κ3) is 2.83. The molecule has 30 heavy (non-hydrogen) atoms. The number of hydrogen-bond acceptors (Lipinski definition) is 6. The lowest BCUT2D eigenvalue weighted by molar-refractivity contribution is -0.172. The van der Waals surface area contributed by atoms with Gasteiger partial charge in [-0.1, -0.05) is 24.3 Å². The molecule has 0 aromatic heterocycles. The van der Waals surface area contributed by atoms with Crippen LogP contribution in [-0.2, 0) is 9.59 Å². The van der Waals surface area contributed by atoms with Crippen LogP contribution in [0.15, 0.2) is 48.5 Å². The van der Waals surface area contributed by atoms with Crippen LogP contribution in [-0.4, -0.2) is 61.5 Å². The molecule has 2 aromatic rings. The van der Waals surface area contributed by atoms with E-state index in [0.29, 0.717) is 22.6 Å². The van der Waals surface area contributed by atoms with Gasteiger partial charge in [-0.15, -0.1) is 0 Å². The second kappa shape index (κ2) is 7.97. The van der Waals surface area contributed by atoms with Crippen molar-refractivity contribution in [2.45, 2.75) is 22.9 Å². The topological polar surface area (TPSA) is 117 Å². The molecule has 0 amide bonds. The van der Waals surface area contributed by atoms with Crippen molar-refractivity contribution in [2.75, 3.05) is 28.3 Å². The molecule has 0 bridgehead atoms. The van der Waals surface area contributed by atoms with Gasteiger partial charge in [0.2, 0.25) is 0 Å². The van der Waals surface area contributed by atoms with Crippen LogP contribution >= 0.6 is 0 Å². The number of aliphatic carboxylic acids is 2. The van der Waals surface area contributed by atoms with E-state index in [-0.39, 0.29) is 0 Å². The predicted octanol–water partition coefficient (Wildman–Crippen LogP) is 1.67. The molecule has 0 saturated heterocycles. The Bertz CT molecular complexity index is 840. The van der Waals surface area contributed by atoms with Crippen LogP contribution in [0.4, 0.5) is 0 Å². The van der Waals surface area contributed by atoms with Gasteiger partial charge in [-0.3, -0.25) is 9.59 Å². The Kier molecular flexibility index (Phi) is 5.74. The van der Waals surface area contributed by atoms with Crippen LogP contribution in [0.5, 0.6) is 11.5 Å². The van der Waals surface area contributed by atoms with Crippen molar-refractivity contribution in [1.29, 1.82) is 0 Å². The van der Waals surface area contributed by atoms with Gasteiger partial charge in [-0.25, -0.2) is 0 Å². The number of rotatable bonds is 8. The van der Waals surface area contributed by atoms with E-state index in [0.717, 1.165) is 0 Å². The maximum absolute atomic E-state index is 12.6. The molecule has 1 aliphatic carbocycles. The quantitative estimate of drug-likeness (QED) is 0.515. The normalized spacial score (nSPS) is 27.7. The van der Waals surface area contributed by atoms with Gasteiger partial charge in [0.1, 0.15) is 22.6 Å². The zero-order valence-corrected chi connectivity index (χ0v) is 17.3. The summed E-state index contributed by atoms with van der Waals surface area (Å²) < 4.78 is 10.4. The Morgan fingerprint density at radius 3 is 1.23 bits per heavy atom. The maximum atomic E-state index is 12.6. The minimum atomic E-state index is -1.55. The van der Waals surface area contributed by atoms with Gasteiger partial charge in [-0.2, -0.15) is 0 Å². The van der Waals surface area contributed by atoms with Crippen LogP contribution in [0.3, 0.4) is 0 Å². The molecular formula is C22H26N2O6. The number of likely N-dealkylation sites (N-methyl/N-ethyl adjacent to an activating group) is 2. The van der Waals surface area contributed by atoms with Gasteiger partial charge < -0.3 is 30.3 Å². The lowest BCUT2D eigenvalue weighted by Crippen LogP contribution is -2.84. The number of benzene rings is 2. The predicted molar refractivity (Wildman–Crippen MR) is 110 cm³/mol. The maximum Gasteiger partial charge on any atom is 0.325 e. The smallest absolute Gasteiger partial charge is 0.325 e. The molecule has 4 N–H and O–H groups in total. The second-order valence-electron chi connectivity index (χ2n) is 7.26. The Morgan fingerprint density at radius 2 is 1.03 bits per heavy atom. The first-order valence-electron chi connectivity index (χ1n) is 9.45. The molecule has 0 unspecified atom stereocenters. The summed E-state index contributed by atoms with van der Waals surface area (Å²) in [4.78, 5) is 25.3. The first kappa shape index (κ1) is 21.6. The number of methoxy groups -OCH3 is 2. The standard InChI is InChI=1S/C22H26N2O6/c1-23-21(19(25)26)17(13-5-9-15(29-3)10-6-13)22(24-2,20(27)28)18(21)14-7-11-16(30-4)12-8-14/h5-12,17-18,23-24H,1-4H3,(H,25,26)(H,27,28). The highest BCUT2D eigenvalue weighted by molar-refractivity contribution is 5.96. The van der Waals surface area contributed by atoms with Gasteiger partial charge in [0.15, 0.2) is 0 Å². The fraction of sp³-hybridized carbons (Fsp3) is 0.364. The molecule has 0 heterocycles. The SMILES string of the molecule is CNC1(C(=O)O)C(c2ccc(OC)cc2)C(NC)(C(=O)O)C1c1ccc(OC)cc1. The van der Waals surface area contributed by atoms with E-state index in [4.69, 9.17) is 9.47 Å². The lowest BCUT2D eigenvalue weighted by atomic mass is 9.43. The van der Waals surface area contributed by atoms with Crippen molar-refractivity contribution < 1.29 is 29.3 Å². The average Bonchev–Trinajstić information content (AvgIpc) is 2.74. The molecule has 0 atom stereocenters. The van der Waals surface area contributed by atoms with E-state index in [1.165, 1.54) is 14.2 Å². The number of carbonyl (C=O) groups is 2. The van der Waals surface area contributed by atoms with Crippen LogP contribution in [0.2, 0.25) is 0 Å². The second-order valence-corrected chi connectivity index (χ2v) is 7.26. The summed E-state index contributed by atoms with van der Waals surface area (Å²) in [5.74, 6) is -2.85. The minimum Gasteiger partial charge on any atom is -0.497 e. The van der Waals surface area contributed by atoms with Crippen LogP contribution in [0.25, 0.3) is 0 Å². The molecule has 1 saturated carbocycles. The van der Waals surface area contributed by atoms with Crippen molar-refractivity contribution in [3.8, 4) is 11.5 Å². The number of carboxylic acid groups (broad SMARTS) is 2. The Labute approximate surface area is 174 Å². The summed E-state index contributed by atoms with van der Waals surface area (Å²) in [6.07, 6.45) is 0. The van der Waals surface area contributed by atoms with Crippen molar-refractivity contribution in [2.24, 2.45) is 0 Å². The highest BCUT2D eigenvalue weighted by atomic mass is 16.5. The van der Waals surface area contributed by atoms with E-state index in [9.17, 15) is 19.8 Å². The zero-order valence-electron chi connectivity index (χ0n) is 17.3. The first-order valence-corrected chi connectivity index (χ1v) is 9.45. The number of carboxylic acids is 2. The molecule has 2 aromatic carbocycles. The molecule has 0 aliphatic heterocycles. The van der Waals surface area contributed by atoms with Gasteiger partial charge >= 0.3 is 11.9 Å². The highest BCUT2D eigenvalue weighted by Gasteiger charge is 2.77. The Hall–Kier alpha value is -3.10. The fourth-order valence-corrected chi connectivity index (χ4v) is 4.88. The Balaban J connectivity index is 2.25. The third-order valence-electron chi connectivity index (χ3n) is 6.25. The molecule has 160 valence electrons. The fourth-order valence-electron chi connectivity index (χ4n) is 4.88. The van der Waals surface area contributed by atoms with Gasteiger partial charge in [0.05, 0.1) is 14.2 Å². The monoisotopic (exact) mass is 414 g/mol. The van der Waals surface area contributed by atoms with Crippen LogP contribution in [0, 0.1) is 0 Å². The number of hydrogen-bond donors (Lipinski definition) is 4. The summed E-state index contributed by atoms with van der Waals surface area (Å²) in [6.45, 7) is 0. The summed E-state index contributed by atoms with van der Waals surface area (Å²) in [5.41, 5.74) is -1.95. The van der Waals surface area contributed by atoms with Crippen molar-refractivity contribution in [3.05, 3.63) is 59.7 Å². The van der Waals surface area contributed by atoms with Crippen molar-refractivity contribution in [3.63, 3.8) is 0 Å². The summed E-state index contributed by atoms with van der Waals surface area (Å²) in [6, 6.07) is 13.6. The molecule has 8 nitrogen and oxygen atoms in total. The first-order chi connectivity index (χ1) is 14.3. The zero-order chi connectivity index (χ0) is 22.1. The summed E-state index contributed by atoms with van der Waals surface area (Å²) in [7, 11) is 6.15. The van der Waals surface area contributed by atoms with Crippen LogP contribution in [0.1, 0.15) is 23.0 Å². The molecule has 8 heteroatoms. The molecule has 1 aliphatic rings. The molecular weight excluding hydrogens is 388 g/mol. The van der Waals surface area contributed by atoms with Crippen molar-refractivity contribution >= 4 is 11.9 Å². The third-order valence-corrected chi connectivity index (χ3v) is 6.25. The average molecular weight is 414 g/mol. The van der Waals surface area contributed by atoms with Crippen LogP contribution < -0.4 is 20.1 Å². The molecule has 1 fully saturated rings. The summed E-state index contributed by atoms with van der Waals surface area (Å²) >= 11 is 0. The molecule has 3 rings (SSSR count). The summed E-state index contributed by atoms with van der Waals surface area (Å²) in [5, 5.41) is 26.5. The van der Waals surface area contributed by atoms with Gasteiger partial charge in [-0.05, 0) is 49.5 Å². The molecule has 0 radical (unpaired) electrons. The van der Waals surface area contributed by atoms with E-state index in [2.05, 4.69) is 10.6 Å². The van der Waals surface area contributed by atoms with E-state index in [1.807, 2.05) is 0 Å². The Morgan fingerprint density at radius 1 is 0.733 bits per heavy atom. The molecule has 0 spiro atoms. The van der Waals surface area contributed by atoms with Crippen molar-refractivity contribution in [1.82, 2.24) is 10.6 Å². The van der Waals surface area contributed by atoms with E-state index in [1.54, 1.807) is 62.6 Å².